The summed E-state index contributed by atoms with van der Waals surface area (Å²) in [7, 11) is 0. The second-order valence-electron chi connectivity index (χ2n) is 6.06. The van der Waals surface area contributed by atoms with E-state index in [0.29, 0.717) is 17.8 Å². The highest BCUT2D eigenvalue weighted by molar-refractivity contribution is 6.03. The molecule has 6 nitrogen and oxygen atoms in total. The van der Waals surface area contributed by atoms with Crippen LogP contribution in [0.25, 0.3) is 0 Å². The van der Waals surface area contributed by atoms with Gasteiger partial charge in [-0.3, -0.25) is 9.59 Å². The van der Waals surface area contributed by atoms with Gasteiger partial charge in [0.25, 0.3) is 11.8 Å². The van der Waals surface area contributed by atoms with Gasteiger partial charge in [0.2, 0.25) is 0 Å². The van der Waals surface area contributed by atoms with E-state index >= 15 is 0 Å². The third-order valence-corrected chi connectivity index (χ3v) is 4.59. The molecule has 2 rings (SSSR count). The van der Waals surface area contributed by atoms with E-state index in [1.165, 1.54) is 6.26 Å². The molecule has 0 aliphatic carbocycles. The smallest absolute Gasteiger partial charge is 0.291 e. The molecule has 2 amide bonds. The highest BCUT2D eigenvalue weighted by Crippen LogP contribution is 2.24. The topological polar surface area (TPSA) is 91.6 Å². The van der Waals surface area contributed by atoms with Gasteiger partial charge in [-0.1, -0.05) is 19.9 Å². The van der Waals surface area contributed by atoms with Gasteiger partial charge in [-0.25, -0.2) is 0 Å². The van der Waals surface area contributed by atoms with Crippen molar-refractivity contribution in [3.63, 3.8) is 0 Å². The summed E-state index contributed by atoms with van der Waals surface area (Å²) in [6.07, 6.45) is 2.98. The average Bonchev–Trinajstić information content (AvgIpc) is 3.18. The van der Waals surface area contributed by atoms with E-state index in [1.807, 2.05) is 13.8 Å². The van der Waals surface area contributed by atoms with Gasteiger partial charge >= 0.3 is 0 Å². The molecule has 0 fully saturated rings. The van der Waals surface area contributed by atoms with E-state index in [1.54, 1.807) is 36.4 Å². The lowest BCUT2D eigenvalue weighted by Crippen LogP contribution is -2.39. The van der Waals surface area contributed by atoms with Crippen LogP contribution in [-0.4, -0.2) is 30.1 Å². The predicted octanol–water partition coefficient (Wildman–Crippen LogP) is 3.06. The van der Waals surface area contributed by atoms with Crippen LogP contribution < -0.4 is 10.6 Å². The van der Waals surface area contributed by atoms with Crippen LogP contribution in [0.2, 0.25) is 0 Å². The Kier molecular flexibility index (Phi) is 6.36. The highest BCUT2D eigenvalue weighted by Gasteiger charge is 2.26. The van der Waals surface area contributed by atoms with Crippen LogP contribution in [0, 0.1) is 5.41 Å². The minimum atomic E-state index is -0.376. The standard InChI is InChI=1S/C19H24N2O4/c1-3-19(4-2,13-22)12-20-17(23)14-7-5-8-15(11-14)21-18(24)16-9-6-10-25-16/h5-11,22H,3-4,12-13H2,1-2H3,(H,20,23)(H,21,24). The number of carbonyl (C=O) groups is 2. The molecule has 1 aromatic carbocycles. The molecule has 0 saturated heterocycles. The molecule has 1 aromatic heterocycles. The maximum absolute atomic E-state index is 12.4. The lowest BCUT2D eigenvalue weighted by atomic mass is 9.83. The molecular weight excluding hydrogens is 320 g/mol. The third kappa shape index (κ3) is 4.70. The minimum Gasteiger partial charge on any atom is -0.459 e. The molecule has 0 aliphatic rings. The first-order valence-corrected chi connectivity index (χ1v) is 8.37. The van der Waals surface area contributed by atoms with E-state index in [-0.39, 0.29) is 29.6 Å². The van der Waals surface area contributed by atoms with Gasteiger partial charge < -0.3 is 20.2 Å². The Labute approximate surface area is 147 Å². The largest absolute Gasteiger partial charge is 0.459 e. The number of amides is 2. The number of aliphatic hydroxyl groups is 1. The van der Waals surface area contributed by atoms with Crippen molar-refractivity contribution in [2.75, 3.05) is 18.5 Å². The molecule has 0 radical (unpaired) electrons. The first-order chi connectivity index (χ1) is 12.0. The number of benzene rings is 1. The number of hydrogen-bond acceptors (Lipinski definition) is 4. The summed E-state index contributed by atoms with van der Waals surface area (Å²) in [4.78, 5) is 24.4. The van der Waals surface area contributed by atoms with Gasteiger partial charge in [-0.15, -0.1) is 0 Å². The summed E-state index contributed by atoms with van der Waals surface area (Å²) in [6.45, 7) is 4.42. The van der Waals surface area contributed by atoms with Crippen LogP contribution in [-0.2, 0) is 0 Å². The van der Waals surface area contributed by atoms with Gasteiger partial charge in [0.05, 0.1) is 12.9 Å². The van der Waals surface area contributed by atoms with Crippen LogP contribution in [0.4, 0.5) is 5.69 Å². The first-order valence-electron chi connectivity index (χ1n) is 8.37. The number of furan rings is 1. The molecule has 0 aliphatic heterocycles. The van der Waals surface area contributed by atoms with E-state index in [2.05, 4.69) is 10.6 Å². The Morgan fingerprint density at radius 2 is 1.88 bits per heavy atom. The quantitative estimate of drug-likeness (QED) is 0.686. The summed E-state index contributed by atoms with van der Waals surface area (Å²) >= 11 is 0. The molecule has 25 heavy (non-hydrogen) atoms. The first kappa shape index (κ1) is 18.7. The molecule has 0 bridgehead atoms. The number of hydrogen-bond donors (Lipinski definition) is 3. The normalized spacial score (nSPS) is 11.2. The van der Waals surface area contributed by atoms with Crippen molar-refractivity contribution >= 4 is 17.5 Å². The molecular formula is C19H24N2O4. The number of nitrogens with one attached hydrogen (secondary N) is 2. The van der Waals surface area contributed by atoms with E-state index in [4.69, 9.17) is 4.42 Å². The van der Waals surface area contributed by atoms with Crippen LogP contribution in [0.5, 0.6) is 0 Å². The molecule has 134 valence electrons. The Balaban J connectivity index is 2.02. The Bertz CT molecular complexity index is 698. The van der Waals surface area contributed by atoms with E-state index in [0.717, 1.165) is 12.8 Å². The Morgan fingerprint density at radius 1 is 1.12 bits per heavy atom. The summed E-state index contributed by atoms with van der Waals surface area (Å²) in [5.41, 5.74) is 0.644. The number of anilines is 1. The van der Waals surface area contributed by atoms with Gasteiger partial charge in [0.1, 0.15) is 0 Å². The predicted molar refractivity (Wildman–Crippen MR) is 95.5 cm³/mol. The van der Waals surface area contributed by atoms with Crippen LogP contribution in [0.1, 0.15) is 47.6 Å². The number of rotatable bonds is 8. The fraction of sp³-hybridized carbons (Fsp3) is 0.368. The van der Waals surface area contributed by atoms with Crippen LogP contribution in [0.3, 0.4) is 0 Å². The Morgan fingerprint density at radius 3 is 2.48 bits per heavy atom. The zero-order chi connectivity index (χ0) is 18.3. The van der Waals surface area contributed by atoms with Crippen molar-refractivity contribution in [2.45, 2.75) is 26.7 Å². The highest BCUT2D eigenvalue weighted by atomic mass is 16.3. The van der Waals surface area contributed by atoms with E-state index in [9.17, 15) is 14.7 Å². The van der Waals surface area contributed by atoms with Crippen molar-refractivity contribution in [2.24, 2.45) is 5.41 Å². The van der Waals surface area contributed by atoms with Crippen molar-refractivity contribution in [3.05, 3.63) is 54.0 Å². The summed E-state index contributed by atoms with van der Waals surface area (Å²) in [6, 6.07) is 9.88. The van der Waals surface area contributed by atoms with E-state index < -0.39 is 0 Å². The SMILES string of the molecule is CCC(CC)(CO)CNC(=O)c1cccc(NC(=O)c2ccco2)c1. The molecule has 3 N–H and O–H groups in total. The molecule has 0 spiro atoms. The lowest BCUT2D eigenvalue weighted by molar-refractivity contribution is 0.0850. The van der Waals surface area contributed by atoms with Gasteiger partial charge in [-0.05, 0) is 43.2 Å². The molecule has 1 heterocycles. The molecule has 6 heteroatoms. The molecule has 0 unspecified atom stereocenters. The maximum atomic E-state index is 12.4. The Hall–Kier alpha value is -2.60. The van der Waals surface area contributed by atoms with Gasteiger partial charge in [-0.2, -0.15) is 0 Å². The van der Waals surface area contributed by atoms with Crippen molar-refractivity contribution < 1.29 is 19.1 Å². The zero-order valence-corrected chi connectivity index (χ0v) is 14.5. The number of aliphatic hydroxyl groups excluding tert-OH is 1. The maximum Gasteiger partial charge on any atom is 0.291 e. The summed E-state index contributed by atoms with van der Waals surface area (Å²) < 4.78 is 5.04. The van der Waals surface area contributed by atoms with Gasteiger partial charge in [0, 0.05) is 23.2 Å². The molecule has 0 atom stereocenters. The summed E-state index contributed by atoms with van der Waals surface area (Å²) in [5, 5.41) is 15.1. The second kappa shape index (κ2) is 8.48. The minimum absolute atomic E-state index is 0.0273. The lowest BCUT2D eigenvalue weighted by Gasteiger charge is -2.29. The van der Waals surface area contributed by atoms with Crippen molar-refractivity contribution in [1.82, 2.24) is 5.32 Å². The third-order valence-electron chi connectivity index (χ3n) is 4.59. The summed E-state index contributed by atoms with van der Waals surface area (Å²) in [5.74, 6) is -0.416. The van der Waals surface area contributed by atoms with Crippen molar-refractivity contribution in [3.8, 4) is 0 Å². The molecule has 0 saturated carbocycles. The van der Waals surface area contributed by atoms with Crippen LogP contribution >= 0.6 is 0 Å². The van der Waals surface area contributed by atoms with Gasteiger partial charge in [0.15, 0.2) is 5.76 Å². The fourth-order valence-electron chi connectivity index (χ4n) is 2.49. The average molecular weight is 344 g/mol. The molecule has 2 aromatic rings. The van der Waals surface area contributed by atoms with Crippen molar-refractivity contribution in [1.29, 1.82) is 0 Å². The zero-order valence-electron chi connectivity index (χ0n) is 14.5. The van der Waals surface area contributed by atoms with Crippen LogP contribution in [0.15, 0.2) is 47.1 Å². The fourth-order valence-corrected chi connectivity index (χ4v) is 2.49. The number of carbonyl (C=O) groups excluding carboxylic acids is 2. The second-order valence-corrected chi connectivity index (χ2v) is 6.06. The monoisotopic (exact) mass is 344 g/mol.